The van der Waals surface area contributed by atoms with Crippen LogP contribution in [0.25, 0.3) is 6.08 Å². The minimum Gasteiger partial charge on any atom is -0.346 e. The Kier molecular flexibility index (Phi) is 5.77. The van der Waals surface area contributed by atoms with Gasteiger partial charge in [0.15, 0.2) is 0 Å². The molecular formula is C17H17ClN2O3S. The normalized spacial score (nSPS) is 13.0. The van der Waals surface area contributed by atoms with Crippen LogP contribution in [-0.4, -0.2) is 14.3 Å². The van der Waals surface area contributed by atoms with Gasteiger partial charge in [-0.3, -0.25) is 4.79 Å². The second-order valence-electron chi connectivity index (χ2n) is 5.23. The summed E-state index contributed by atoms with van der Waals surface area (Å²) in [5, 5.41) is 8.49. The number of nitrogens with two attached hydrogens (primary N) is 1. The lowest BCUT2D eigenvalue weighted by molar-refractivity contribution is -0.117. The molecule has 0 saturated heterocycles. The highest BCUT2D eigenvalue weighted by Gasteiger charge is 2.11. The van der Waals surface area contributed by atoms with Gasteiger partial charge in [0.1, 0.15) is 0 Å². The lowest BCUT2D eigenvalue weighted by Crippen LogP contribution is -2.24. The summed E-state index contributed by atoms with van der Waals surface area (Å²) >= 11 is 5.80. The van der Waals surface area contributed by atoms with E-state index in [0.717, 1.165) is 11.1 Å². The molecule has 0 aliphatic rings. The lowest BCUT2D eigenvalue weighted by Gasteiger charge is -2.13. The Hall–Kier alpha value is -2.15. The Morgan fingerprint density at radius 1 is 1.12 bits per heavy atom. The SMILES string of the molecule is CC(NC(=O)/C=C/c1ccc(Cl)cc1)c1ccc(S(N)(=O)=O)cc1. The zero-order valence-corrected chi connectivity index (χ0v) is 14.5. The van der Waals surface area contributed by atoms with Crippen molar-refractivity contribution in [1.29, 1.82) is 0 Å². The number of carbonyl (C=O) groups is 1. The number of benzene rings is 2. The van der Waals surface area contributed by atoms with Gasteiger partial charge in [0, 0.05) is 11.1 Å². The lowest BCUT2D eigenvalue weighted by atomic mass is 10.1. The number of carbonyl (C=O) groups excluding carboxylic acids is 1. The number of primary sulfonamides is 1. The van der Waals surface area contributed by atoms with Crippen LogP contribution in [0.2, 0.25) is 5.02 Å². The van der Waals surface area contributed by atoms with E-state index < -0.39 is 10.0 Å². The Bertz CT molecular complexity index is 844. The smallest absolute Gasteiger partial charge is 0.244 e. The maximum Gasteiger partial charge on any atom is 0.244 e. The molecule has 0 bridgehead atoms. The molecule has 2 aromatic rings. The predicted molar refractivity (Wildman–Crippen MR) is 94.9 cm³/mol. The maximum atomic E-state index is 12.0. The van der Waals surface area contributed by atoms with E-state index in [1.807, 2.05) is 12.1 Å². The third-order valence-corrected chi connectivity index (χ3v) is 4.55. The molecule has 1 amide bonds. The second-order valence-corrected chi connectivity index (χ2v) is 7.23. The third kappa shape index (κ3) is 5.19. The fourth-order valence-electron chi connectivity index (χ4n) is 2.04. The largest absolute Gasteiger partial charge is 0.346 e. The van der Waals surface area contributed by atoms with Gasteiger partial charge in [0.05, 0.1) is 10.9 Å². The van der Waals surface area contributed by atoms with Gasteiger partial charge in [-0.15, -0.1) is 0 Å². The van der Waals surface area contributed by atoms with Gasteiger partial charge < -0.3 is 5.32 Å². The van der Waals surface area contributed by atoms with Crippen LogP contribution in [0.15, 0.2) is 59.5 Å². The number of amides is 1. The van der Waals surface area contributed by atoms with Crippen molar-refractivity contribution in [1.82, 2.24) is 5.32 Å². The zero-order chi connectivity index (χ0) is 17.7. The Balaban J connectivity index is 1.99. The molecule has 126 valence electrons. The van der Waals surface area contributed by atoms with E-state index in [1.165, 1.54) is 18.2 Å². The Morgan fingerprint density at radius 3 is 2.25 bits per heavy atom. The highest BCUT2D eigenvalue weighted by Crippen LogP contribution is 2.15. The van der Waals surface area contributed by atoms with Crippen LogP contribution < -0.4 is 10.5 Å². The number of hydrogen-bond donors (Lipinski definition) is 2. The summed E-state index contributed by atoms with van der Waals surface area (Å²) in [6, 6.07) is 12.9. The van der Waals surface area contributed by atoms with E-state index in [9.17, 15) is 13.2 Å². The number of rotatable bonds is 5. The monoisotopic (exact) mass is 364 g/mol. The van der Waals surface area contributed by atoms with Crippen molar-refractivity contribution >= 4 is 33.6 Å². The molecule has 0 saturated carbocycles. The molecule has 24 heavy (non-hydrogen) atoms. The summed E-state index contributed by atoms with van der Waals surface area (Å²) in [6.45, 7) is 1.81. The fraction of sp³-hybridized carbons (Fsp3) is 0.118. The molecule has 7 heteroatoms. The third-order valence-electron chi connectivity index (χ3n) is 3.36. The molecule has 0 aliphatic heterocycles. The van der Waals surface area contributed by atoms with Crippen molar-refractivity contribution in [3.8, 4) is 0 Å². The van der Waals surface area contributed by atoms with Gasteiger partial charge >= 0.3 is 0 Å². The fourth-order valence-corrected chi connectivity index (χ4v) is 2.68. The van der Waals surface area contributed by atoms with E-state index in [0.29, 0.717) is 5.02 Å². The van der Waals surface area contributed by atoms with Crippen LogP contribution >= 0.6 is 11.6 Å². The minimum absolute atomic E-state index is 0.0346. The van der Waals surface area contributed by atoms with E-state index >= 15 is 0 Å². The summed E-state index contributed by atoms with van der Waals surface area (Å²) in [5.74, 6) is -0.257. The van der Waals surface area contributed by atoms with Crippen LogP contribution in [0.4, 0.5) is 0 Å². The first kappa shape index (κ1) is 18.2. The van der Waals surface area contributed by atoms with Gasteiger partial charge in [0.2, 0.25) is 15.9 Å². The van der Waals surface area contributed by atoms with E-state index in [1.54, 1.807) is 37.3 Å². The molecule has 3 N–H and O–H groups in total. The number of sulfonamides is 1. The van der Waals surface area contributed by atoms with Crippen molar-refractivity contribution in [2.45, 2.75) is 17.9 Å². The number of halogens is 1. The standard InChI is InChI=1S/C17H17ClN2O3S/c1-12(14-5-9-16(10-6-14)24(19,22)23)20-17(21)11-4-13-2-7-15(18)8-3-13/h2-12H,1H3,(H,20,21)(H2,19,22,23)/b11-4+. The molecule has 0 heterocycles. The first-order valence-corrected chi connectivity index (χ1v) is 9.05. The van der Waals surface area contributed by atoms with E-state index in [2.05, 4.69) is 5.32 Å². The Morgan fingerprint density at radius 2 is 1.71 bits per heavy atom. The summed E-state index contributed by atoms with van der Waals surface area (Å²) in [5.41, 5.74) is 1.63. The van der Waals surface area contributed by atoms with Crippen LogP contribution in [0.3, 0.4) is 0 Å². The van der Waals surface area contributed by atoms with Gasteiger partial charge in [-0.1, -0.05) is 35.9 Å². The maximum absolute atomic E-state index is 12.0. The molecule has 2 rings (SSSR count). The van der Waals surface area contributed by atoms with E-state index in [-0.39, 0.29) is 16.8 Å². The summed E-state index contributed by atoms with van der Waals surface area (Å²) < 4.78 is 22.4. The molecule has 0 fully saturated rings. The minimum atomic E-state index is -3.72. The Labute approximate surface area is 146 Å². The van der Waals surface area contributed by atoms with Crippen LogP contribution in [-0.2, 0) is 14.8 Å². The molecule has 0 aliphatic carbocycles. The van der Waals surface area contributed by atoms with Crippen molar-refractivity contribution in [2.24, 2.45) is 5.14 Å². The highest BCUT2D eigenvalue weighted by atomic mass is 35.5. The van der Waals surface area contributed by atoms with Gasteiger partial charge in [0.25, 0.3) is 0 Å². The van der Waals surface area contributed by atoms with Gasteiger partial charge in [-0.05, 0) is 48.4 Å². The first-order chi connectivity index (χ1) is 11.3. The second kappa shape index (κ2) is 7.61. The molecule has 1 atom stereocenters. The van der Waals surface area contributed by atoms with Crippen molar-refractivity contribution in [3.05, 3.63) is 70.8 Å². The topological polar surface area (TPSA) is 89.3 Å². The number of nitrogens with one attached hydrogen (secondary N) is 1. The quantitative estimate of drug-likeness (QED) is 0.799. The van der Waals surface area contributed by atoms with Crippen LogP contribution in [0.1, 0.15) is 24.1 Å². The average molecular weight is 365 g/mol. The average Bonchev–Trinajstić information content (AvgIpc) is 2.53. The molecule has 0 radical (unpaired) electrons. The highest BCUT2D eigenvalue weighted by molar-refractivity contribution is 7.89. The molecular weight excluding hydrogens is 348 g/mol. The number of hydrogen-bond acceptors (Lipinski definition) is 3. The summed E-state index contributed by atoms with van der Waals surface area (Å²) in [7, 11) is -3.72. The molecule has 5 nitrogen and oxygen atoms in total. The van der Waals surface area contributed by atoms with Gasteiger partial charge in [-0.2, -0.15) is 0 Å². The molecule has 0 aromatic heterocycles. The van der Waals surface area contributed by atoms with Gasteiger partial charge in [-0.25, -0.2) is 13.6 Å². The predicted octanol–water partition coefficient (Wildman–Crippen LogP) is 2.88. The summed E-state index contributed by atoms with van der Waals surface area (Å²) in [4.78, 5) is 12.0. The first-order valence-electron chi connectivity index (χ1n) is 7.12. The summed E-state index contributed by atoms with van der Waals surface area (Å²) in [6.07, 6.45) is 3.11. The van der Waals surface area contributed by atoms with Crippen LogP contribution in [0.5, 0.6) is 0 Å². The van der Waals surface area contributed by atoms with Crippen LogP contribution in [0, 0.1) is 0 Å². The van der Waals surface area contributed by atoms with Crippen molar-refractivity contribution in [3.63, 3.8) is 0 Å². The van der Waals surface area contributed by atoms with Crippen molar-refractivity contribution < 1.29 is 13.2 Å². The van der Waals surface area contributed by atoms with E-state index in [4.69, 9.17) is 16.7 Å². The molecule has 1 unspecified atom stereocenters. The molecule has 2 aromatic carbocycles. The van der Waals surface area contributed by atoms with Crippen molar-refractivity contribution in [2.75, 3.05) is 0 Å². The molecule has 0 spiro atoms. The zero-order valence-electron chi connectivity index (χ0n) is 12.9.